The summed E-state index contributed by atoms with van der Waals surface area (Å²) in [6.07, 6.45) is 4.65. The molecule has 136 valence electrons. The predicted molar refractivity (Wildman–Crippen MR) is 98.9 cm³/mol. The average molecular weight is 363 g/mol. The van der Waals surface area contributed by atoms with Gasteiger partial charge in [-0.05, 0) is 37.1 Å². The zero-order chi connectivity index (χ0) is 18.8. The molecule has 4 rings (SSSR count). The van der Waals surface area contributed by atoms with E-state index in [1.54, 1.807) is 53.7 Å². The van der Waals surface area contributed by atoms with E-state index in [4.69, 9.17) is 0 Å². The number of pyridine rings is 2. The highest BCUT2D eigenvalue weighted by Gasteiger charge is 2.30. The Morgan fingerprint density at radius 1 is 1.11 bits per heavy atom. The Morgan fingerprint density at radius 2 is 2.00 bits per heavy atom. The van der Waals surface area contributed by atoms with E-state index in [2.05, 4.69) is 9.97 Å². The lowest BCUT2D eigenvalue weighted by Gasteiger charge is -2.31. The Balaban J connectivity index is 1.55. The maximum atomic E-state index is 14.0. The first-order chi connectivity index (χ1) is 13.1. The normalized spacial score (nSPS) is 17.1. The molecule has 0 spiro atoms. The van der Waals surface area contributed by atoms with Crippen LogP contribution in [-0.2, 0) is 0 Å². The number of hydrogen-bond donors (Lipinski definition) is 0. The molecule has 3 heterocycles. The molecule has 1 aliphatic rings. The van der Waals surface area contributed by atoms with Crippen LogP contribution in [0, 0.1) is 11.7 Å². The van der Waals surface area contributed by atoms with E-state index in [-0.39, 0.29) is 28.8 Å². The van der Waals surface area contributed by atoms with Crippen molar-refractivity contribution < 1.29 is 14.0 Å². The van der Waals surface area contributed by atoms with Crippen molar-refractivity contribution in [3.8, 4) is 0 Å². The van der Waals surface area contributed by atoms with Gasteiger partial charge >= 0.3 is 0 Å². The first-order valence-corrected chi connectivity index (χ1v) is 8.92. The van der Waals surface area contributed by atoms with Gasteiger partial charge in [0.15, 0.2) is 5.78 Å². The van der Waals surface area contributed by atoms with Crippen LogP contribution < -0.4 is 0 Å². The second kappa shape index (κ2) is 7.23. The maximum absolute atomic E-state index is 14.0. The summed E-state index contributed by atoms with van der Waals surface area (Å²) in [5.41, 5.74) is 0.938. The molecular formula is C21H18FN3O2. The first kappa shape index (κ1) is 17.3. The van der Waals surface area contributed by atoms with Gasteiger partial charge in [0.2, 0.25) is 0 Å². The van der Waals surface area contributed by atoms with Gasteiger partial charge in [-0.3, -0.25) is 14.6 Å². The molecule has 5 nitrogen and oxygen atoms in total. The van der Waals surface area contributed by atoms with Crippen LogP contribution in [0.2, 0.25) is 0 Å². The number of rotatable bonds is 3. The van der Waals surface area contributed by atoms with Crippen molar-refractivity contribution in [3.63, 3.8) is 0 Å². The van der Waals surface area contributed by atoms with E-state index >= 15 is 0 Å². The highest BCUT2D eigenvalue weighted by Crippen LogP contribution is 2.23. The lowest BCUT2D eigenvalue weighted by molar-refractivity contribution is 0.0632. The molecule has 0 N–H and O–H groups in total. The molecule has 27 heavy (non-hydrogen) atoms. The molecule has 2 aromatic heterocycles. The molecule has 1 atom stereocenters. The number of ketones is 1. The molecule has 0 radical (unpaired) electrons. The minimum absolute atomic E-state index is 0.00175. The van der Waals surface area contributed by atoms with Crippen LogP contribution in [-0.4, -0.2) is 39.6 Å². The van der Waals surface area contributed by atoms with Gasteiger partial charge in [-0.2, -0.15) is 0 Å². The summed E-state index contributed by atoms with van der Waals surface area (Å²) in [5.74, 6) is -0.989. The van der Waals surface area contributed by atoms with Crippen molar-refractivity contribution in [1.29, 1.82) is 0 Å². The highest BCUT2D eigenvalue weighted by molar-refractivity contribution is 5.99. The van der Waals surface area contributed by atoms with Crippen LogP contribution in [0.4, 0.5) is 4.39 Å². The number of likely N-dealkylation sites (tertiary alicyclic amines) is 1. The topological polar surface area (TPSA) is 63.2 Å². The molecule has 0 aliphatic carbocycles. The van der Waals surface area contributed by atoms with Gasteiger partial charge in [-0.15, -0.1) is 0 Å². The lowest BCUT2D eigenvalue weighted by Crippen LogP contribution is -2.42. The minimum Gasteiger partial charge on any atom is -0.337 e. The van der Waals surface area contributed by atoms with Gasteiger partial charge in [0.25, 0.3) is 5.91 Å². The third-order valence-electron chi connectivity index (χ3n) is 4.92. The molecular weight excluding hydrogens is 345 g/mol. The summed E-state index contributed by atoms with van der Waals surface area (Å²) < 4.78 is 14.0. The summed E-state index contributed by atoms with van der Waals surface area (Å²) in [4.78, 5) is 35.4. The highest BCUT2D eigenvalue weighted by atomic mass is 19.1. The van der Waals surface area contributed by atoms with Gasteiger partial charge in [0.05, 0.1) is 0 Å². The average Bonchev–Trinajstić information content (AvgIpc) is 2.73. The number of para-hydroxylation sites is 1. The third kappa shape index (κ3) is 3.43. The van der Waals surface area contributed by atoms with E-state index in [1.807, 2.05) is 0 Å². The van der Waals surface area contributed by atoms with Gasteiger partial charge in [-0.25, -0.2) is 9.37 Å². The van der Waals surface area contributed by atoms with E-state index < -0.39 is 5.82 Å². The number of aromatic nitrogens is 2. The van der Waals surface area contributed by atoms with Gasteiger partial charge in [0.1, 0.15) is 17.0 Å². The summed E-state index contributed by atoms with van der Waals surface area (Å²) in [6, 6.07) is 11.5. The van der Waals surface area contributed by atoms with E-state index in [1.165, 1.54) is 6.07 Å². The van der Waals surface area contributed by atoms with Crippen LogP contribution in [0.25, 0.3) is 10.9 Å². The molecule has 3 aromatic rings. The monoisotopic (exact) mass is 363 g/mol. The summed E-state index contributed by atoms with van der Waals surface area (Å²) in [5, 5.41) is 0.648. The van der Waals surface area contributed by atoms with Crippen molar-refractivity contribution in [2.45, 2.75) is 12.8 Å². The molecule has 0 bridgehead atoms. The Labute approximate surface area is 155 Å². The summed E-state index contributed by atoms with van der Waals surface area (Å²) in [7, 11) is 0. The van der Waals surface area contributed by atoms with E-state index in [0.717, 1.165) is 12.8 Å². The molecule has 1 saturated heterocycles. The number of Topliss-reactive ketones (excluding diaryl/α,β-unsaturated/α-hetero) is 1. The zero-order valence-corrected chi connectivity index (χ0v) is 14.6. The van der Waals surface area contributed by atoms with Crippen LogP contribution in [0.5, 0.6) is 0 Å². The van der Waals surface area contributed by atoms with Crippen molar-refractivity contribution in [1.82, 2.24) is 14.9 Å². The van der Waals surface area contributed by atoms with Crippen molar-refractivity contribution in [3.05, 3.63) is 71.9 Å². The van der Waals surface area contributed by atoms with Crippen LogP contribution in [0.15, 0.2) is 54.9 Å². The number of hydrogen-bond acceptors (Lipinski definition) is 4. The SMILES string of the molecule is O=C(c1cccnc1)C1CCCN(C(=O)c2ccc3cccc(F)c3n2)C1. The third-order valence-corrected chi connectivity index (χ3v) is 4.92. The smallest absolute Gasteiger partial charge is 0.272 e. The quantitative estimate of drug-likeness (QED) is 0.668. The summed E-state index contributed by atoms with van der Waals surface area (Å²) in [6.45, 7) is 0.899. The fourth-order valence-corrected chi connectivity index (χ4v) is 3.51. The molecule has 1 amide bonds. The van der Waals surface area contributed by atoms with Crippen LogP contribution in [0.3, 0.4) is 0 Å². The minimum atomic E-state index is -0.453. The molecule has 1 fully saturated rings. The van der Waals surface area contributed by atoms with E-state index in [9.17, 15) is 14.0 Å². The second-order valence-corrected chi connectivity index (χ2v) is 6.70. The Bertz CT molecular complexity index is 1010. The molecule has 0 saturated carbocycles. The lowest BCUT2D eigenvalue weighted by atomic mass is 9.90. The van der Waals surface area contributed by atoms with E-state index in [0.29, 0.717) is 24.0 Å². The summed E-state index contributed by atoms with van der Waals surface area (Å²) >= 11 is 0. The van der Waals surface area contributed by atoms with Crippen LogP contribution >= 0.6 is 0 Å². The number of amides is 1. The predicted octanol–water partition coefficient (Wildman–Crippen LogP) is 3.50. The largest absolute Gasteiger partial charge is 0.337 e. The molecule has 6 heteroatoms. The Hall–Kier alpha value is -3.15. The number of piperidine rings is 1. The maximum Gasteiger partial charge on any atom is 0.272 e. The second-order valence-electron chi connectivity index (χ2n) is 6.70. The van der Waals surface area contributed by atoms with Gasteiger partial charge in [0, 0.05) is 42.4 Å². The molecule has 1 unspecified atom stereocenters. The zero-order valence-electron chi connectivity index (χ0n) is 14.6. The first-order valence-electron chi connectivity index (χ1n) is 8.92. The number of benzene rings is 1. The Morgan fingerprint density at radius 3 is 2.81 bits per heavy atom. The number of nitrogens with zero attached hydrogens (tertiary/aromatic N) is 3. The van der Waals surface area contributed by atoms with Gasteiger partial charge < -0.3 is 4.90 Å². The fourth-order valence-electron chi connectivity index (χ4n) is 3.51. The van der Waals surface area contributed by atoms with Gasteiger partial charge in [-0.1, -0.05) is 18.2 Å². The van der Waals surface area contributed by atoms with Crippen molar-refractivity contribution in [2.24, 2.45) is 5.92 Å². The van der Waals surface area contributed by atoms with Crippen molar-refractivity contribution >= 4 is 22.6 Å². The molecule has 1 aromatic carbocycles. The number of carbonyl (C=O) groups is 2. The number of fused-ring (bicyclic) bond motifs is 1. The number of halogens is 1. The molecule has 1 aliphatic heterocycles. The fraction of sp³-hybridized carbons (Fsp3) is 0.238. The number of carbonyl (C=O) groups excluding carboxylic acids is 2. The van der Waals surface area contributed by atoms with Crippen molar-refractivity contribution in [2.75, 3.05) is 13.1 Å². The van der Waals surface area contributed by atoms with Crippen LogP contribution in [0.1, 0.15) is 33.7 Å². The Kier molecular flexibility index (Phi) is 4.62. The standard InChI is InChI=1S/C21H18FN3O2/c22-17-7-1-4-14-8-9-18(24-19(14)17)21(27)25-11-3-6-16(13-25)20(26)15-5-2-10-23-12-15/h1-2,4-5,7-10,12,16H,3,6,11,13H2.